The van der Waals surface area contributed by atoms with Gasteiger partial charge in [-0.3, -0.25) is 4.90 Å². The lowest BCUT2D eigenvalue weighted by Crippen LogP contribution is -2.35. The molecule has 2 nitrogen and oxygen atoms in total. The van der Waals surface area contributed by atoms with Crippen LogP contribution in [0.5, 0.6) is 0 Å². The Kier molecular flexibility index (Phi) is 6.06. The minimum Gasteiger partial charge on any atom is -0.312 e. The maximum atomic E-state index is 3.42. The predicted molar refractivity (Wildman–Crippen MR) is 89.3 cm³/mol. The van der Waals surface area contributed by atoms with E-state index in [1.54, 1.807) is 0 Å². The van der Waals surface area contributed by atoms with E-state index in [1.165, 1.54) is 41.0 Å². The van der Waals surface area contributed by atoms with Gasteiger partial charge in [0.2, 0.25) is 0 Å². The number of aryl methyl sites for hydroxylation is 1. The van der Waals surface area contributed by atoms with Crippen LogP contribution in [0.15, 0.2) is 6.07 Å². The summed E-state index contributed by atoms with van der Waals surface area (Å²) in [4.78, 5) is 5.56. The molecule has 1 aliphatic rings. The molecule has 0 aromatic carbocycles. The molecule has 3 heteroatoms. The third-order valence-electron chi connectivity index (χ3n) is 4.57. The lowest BCUT2D eigenvalue weighted by molar-refractivity contribution is 0.157. The zero-order valence-electron chi connectivity index (χ0n) is 13.5. The molecule has 2 atom stereocenters. The van der Waals surface area contributed by atoms with Crippen LogP contribution in [0.3, 0.4) is 0 Å². The third kappa shape index (κ3) is 4.31. The molecule has 0 amide bonds. The lowest BCUT2D eigenvalue weighted by atomic mass is 9.86. The van der Waals surface area contributed by atoms with Gasteiger partial charge in [0.15, 0.2) is 0 Å². The SMILES string of the molecule is CCNCc1cc(CN(C)C2CCCC(C)C2)c(C)s1. The molecule has 0 radical (unpaired) electrons. The molecule has 1 aromatic rings. The van der Waals surface area contributed by atoms with Crippen LogP contribution >= 0.6 is 11.3 Å². The van der Waals surface area contributed by atoms with Crippen LogP contribution in [0, 0.1) is 12.8 Å². The average Bonchev–Trinajstić information content (AvgIpc) is 2.77. The van der Waals surface area contributed by atoms with Crippen molar-refractivity contribution < 1.29 is 0 Å². The van der Waals surface area contributed by atoms with Gasteiger partial charge >= 0.3 is 0 Å². The molecule has 0 spiro atoms. The predicted octanol–water partition coefficient (Wildman–Crippen LogP) is 4.18. The first-order chi connectivity index (χ1) is 9.60. The van der Waals surface area contributed by atoms with Gasteiger partial charge in [-0.1, -0.05) is 26.7 Å². The van der Waals surface area contributed by atoms with E-state index in [-0.39, 0.29) is 0 Å². The van der Waals surface area contributed by atoms with E-state index in [0.29, 0.717) is 0 Å². The quantitative estimate of drug-likeness (QED) is 0.847. The lowest BCUT2D eigenvalue weighted by Gasteiger charge is -2.34. The molecular weight excluding hydrogens is 264 g/mol. The Morgan fingerprint density at radius 2 is 2.20 bits per heavy atom. The van der Waals surface area contributed by atoms with E-state index < -0.39 is 0 Å². The van der Waals surface area contributed by atoms with Crippen molar-refractivity contribution in [2.75, 3.05) is 13.6 Å². The van der Waals surface area contributed by atoms with Gasteiger partial charge in [0.1, 0.15) is 0 Å². The molecule has 1 aromatic heterocycles. The van der Waals surface area contributed by atoms with Gasteiger partial charge in [-0.25, -0.2) is 0 Å². The summed E-state index contributed by atoms with van der Waals surface area (Å²) in [6.45, 7) is 10.0. The van der Waals surface area contributed by atoms with Crippen LogP contribution in [0.1, 0.15) is 54.8 Å². The number of thiophene rings is 1. The van der Waals surface area contributed by atoms with Crippen molar-refractivity contribution in [3.63, 3.8) is 0 Å². The Balaban J connectivity index is 1.93. The second-order valence-corrected chi connectivity index (χ2v) is 7.76. The molecule has 2 unspecified atom stereocenters. The normalized spacial score (nSPS) is 23.4. The van der Waals surface area contributed by atoms with E-state index in [1.807, 2.05) is 11.3 Å². The van der Waals surface area contributed by atoms with Gasteiger partial charge in [-0.2, -0.15) is 0 Å². The van der Waals surface area contributed by atoms with Crippen molar-refractivity contribution in [3.05, 3.63) is 21.4 Å². The van der Waals surface area contributed by atoms with Crippen LogP contribution in [-0.4, -0.2) is 24.5 Å². The molecule has 20 heavy (non-hydrogen) atoms. The topological polar surface area (TPSA) is 15.3 Å². The number of hydrogen-bond donors (Lipinski definition) is 1. The first-order valence-corrected chi connectivity index (χ1v) is 8.91. The first kappa shape index (κ1) is 16.0. The summed E-state index contributed by atoms with van der Waals surface area (Å²) in [6, 6.07) is 3.20. The second kappa shape index (κ2) is 7.58. The highest BCUT2D eigenvalue weighted by Gasteiger charge is 2.22. The highest BCUT2D eigenvalue weighted by Crippen LogP contribution is 2.29. The second-order valence-electron chi connectivity index (χ2n) is 6.42. The van der Waals surface area contributed by atoms with E-state index in [2.05, 4.69) is 44.1 Å². The fourth-order valence-corrected chi connectivity index (χ4v) is 4.30. The van der Waals surface area contributed by atoms with E-state index in [0.717, 1.165) is 31.6 Å². The van der Waals surface area contributed by atoms with E-state index in [4.69, 9.17) is 0 Å². The van der Waals surface area contributed by atoms with Crippen LogP contribution < -0.4 is 5.32 Å². The summed E-state index contributed by atoms with van der Waals surface area (Å²) in [5.74, 6) is 0.907. The van der Waals surface area contributed by atoms with Gasteiger partial charge in [-0.15, -0.1) is 11.3 Å². The van der Waals surface area contributed by atoms with Crippen LogP contribution in [0.4, 0.5) is 0 Å². The van der Waals surface area contributed by atoms with Crippen molar-refractivity contribution >= 4 is 11.3 Å². The molecule has 1 heterocycles. The molecular formula is C17H30N2S. The molecule has 1 saturated carbocycles. The smallest absolute Gasteiger partial charge is 0.0299 e. The Hall–Kier alpha value is -0.380. The molecule has 0 saturated heterocycles. The Labute approximate surface area is 128 Å². The molecule has 1 N–H and O–H groups in total. The number of rotatable bonds is 6. The third-order valence-corrected chi connectivity index (χ3v) is 5.67. The summed E-state index contributed by atoms with van der Waals surface area (Å²) in [7, 11) is 2.31. The van der Waals surface area contributed by atoms with Gasteiger partial charge < -0.3 is 5.32 Å². The minimum absolute atomic E-state index is 0.787. The summed E-state index contributed by atoms with van der Waals surface area (Å²) in [5, 5.41) is 3.42. The number of nitrogens with one attached hydrogen (secondary N) is 1. The molecule has 2 rings (SSSR count). The zero-order chi connectivity index (χ0) is 14.5. The van der Waals surface area contributed by atoms with Crippen molar-refractivity contribution in [1.29, 1.82) is 0 Å². The Morgan fingerprint density at radius 3 is 2.90 bits per heavy atom. The molecule has 1 aliphatic carbocycles. The molecule has 0 aliphatic heterocycles. The standard InChI is InChI=1S/C17H30N2S/c1-5-18-11-17-10-15(14(3)20-17)12-19(4)16-8-6-7-13(2)9-16/h10,13,16,18H,5-9,11-12H2,1-4H3. The van der Waals surface area contributed by atoms with Crippen molar-refractivity contribution in [3.8, 4) is 0 Å². The molecule has 1 fully saturated rings. The largest absolute Gasteiger partial charge is 0.312 e. The fraction of sp³-hybridized carbons (Fsp3) is 0.765. The van der Waals surface area contributed by atoms with Crippen LogP contribution in [0.2, 0.25) is 0 Å². The fourth-order valence-electron chi connectivity index (χ4n) is 3.28. The monoisotopic (exact) mass is 294 g/mol. The maximum Gasteiger partial charge on any atom is 0.0299 e. The van der Waals surface area contributed by atoms with Crippen LogP contribution in [0.25, 0.3) is 0 Å². The summed E-state index contributed by atoms with van der Waals surface area (Å²) < 4.78 is 0. The van der Waals surface area contributed by atoms with Gasteiger partial charge in [0.25, 0.3) is 0 Å². The average molecular weight is 295 g/mol. The Morgan fingerprint density at radius 1 is 1.40 bits per heavy atom. The Bertz CT molecular complexity index is 413. The van der Waals surface area contributed by atoms with E-state index in [9.17, 15) is 0 Å². The van der Waals surface area contributed by atoms with Gasteiger partial charge in [0.05, 0.1) is 0 Å². The van der Waals surface area contributed by atoms with Gasteiger partial charge in [0, 0.05) is 28.9 Å². The molecule has 114 valence electrons. The summed E-state index contributed by atoms with van der Waals surface area (Å²) >= 11 is 1.95. The van der Waals surface area contributed by atoms with Gasteiger partial charge in [-0.05, 0) is 50.9 Å². The first-order valence-electron chi connectivity index (χ1n) is 8.09. The zero-order valence-corrected chi connectivity index (χ0v) is 14.4. The maximum absolute atomic E-state index is 3.42. The van der Waals surface area contributed by atoms with Crippen molar-refractivity contribution in [2.45, 2.75) is 65.6 Å². The number of nitrogens with zero attached hydrogens (tertiary/aromatic N) is 1. The summed E-state index contributed by atoms with van der Waals surface area (Å²) in [6.07, 6.45) is 5.59. The highest BCUT2D eigenvalue weighted by atomic mass is 32.1. The van der Waals surface area contributed by atoms with E-state index >= 15 is 0 Å². The van der Waals surface area contributed by atoms with Crippen molar-refractivity contribution in [1.82, 2.24) is 10.2 Å². The van der Waals surface area contributed by atoms with Crippen LogP contribution in [-0.2, 0) is 13.1 Å². The number of hydrogen-bond acceptors (Lipinski definition) is 3. The minimum atomic E-state index is 0.787. The summed E-state index contributed by atoms with van der Waals surface area (Å²) in [5.41, 5.74) is 1.53. The van der Waals surface area contributed by atoms with Crippen molar-refractivity contribution in [2.24, 2.45) is 5.92 Å². The highest BCUT2D eigenvalue weighted by molar-refractivity contribution is 7.12. The molecule has 0 bridgehead atoms.